The average Bonchev–Trinajstić information content (AvgIpc) is 2.74. The molecule has 1 aromatic heterocycles. The molecular formula is C14H18N2. The van der Waals surface area contributed by atoms with Crippen LogP contribution in [0.2, 0.25) is 0 Å². The van der Waals surface area contributed by atoms with Crippen molar-refractivity contribution in [2.45, 2.75) is 37.6 Å². The molecule has 2 aromatic rings. The molecule has 1 aliphatic rings. The van der Waals surface area contributed by atoms with Crippen molar-refractivity contribution in [3.8, 4) is 0 Å². The predicted molar refractivity (Wildman–Crippen MR) is 67.5 cm³/mol. The second-order valence-electron chi connectivity index (χ2n) is 4.84. The Morgan fingerprint density at radius 2 is 1.94 bits per heavy atom. The Bertz CT molecular complexity index is 486. The number of benzene rings is 1. The molecule has 0 saturated heterocycles. The maximum Gasteiger partial charge on any atom is 0.0456 e. The summed E-state index contributed by atoms with van der Waals surface area (Å²) in [6.45, 7) is 0. The number of para-hydroxylation sites is 1. The molecule has 1 aromatic carbocycles. The van der Waals surface area contributed by atoms with Crippen LogP contribution >= 0.6 is 0 Å². The average molecular weight is 214 g/mol. The van der Waals surface area contributed by atoms with Gasteiger partial charge in [0.05, 0.1) is 0 Å². The Labute approximate surface area is 95.8 Å². The summed E-state index contributed by atoms with van der Waals surface area (Å²) in [6, 6.07) is 8.85. The van der Waals surface area contributed by atoms with Gasteiger partial charge in [0.25, 0.3) is 0 Å². The van der Waals surface area contributed by atoms with Crippen molar-refractivity contribution < 1.29 is 0 Å². The lowest BCUT2D eigenvalue weighted by atomic mass is 9.80. The van der Waals surface area contributed by atoms with Crippen LogP contribution in [0.3, 0.4) is 0 Å². The normalized spacial score (nSPS) is 26.1. The van der Waals surface area contributed by atoms with Crippen molar-refractivity contribution in [3.63, 3.8) is 0 Å². The van der Waals surface area contributed by atoms with Crippen LogP contribution in [0, 0.1) is 0 Å². The first kappa shape index (κ1) is 9.91. The van der Waals surface area contributed by atoms with Crippen molar-refractivity contribution >= 4 is 10.9 Å². The van der Waals surface area contributed by atoms with Crippen LogP contribution in [0.1, 0.15) is 37.2 Å². The summed E-state index contributed by atoms with van der Waals surface area (Å²) in [5.41, 5.74) is 8.90. The third-order valence-electron chi connectivity index (χ3n) is 3.84. The number of hydrogen-bond acceptors (Lipinski definition) is 1. The fraction of sp³-hybridized carbons (Fsp3) is 0.429. The quantitative estimate of drug-likeness (QED) is 0.752. The Hall–Kier alpha value is -1.28. The van der Waals surface area contributed by atoms with Gasteiger partial charge < -0.3 is 10.7 Å². The van der Waals surface area contributed by atoms with Gasteiger partial charge in [-0.1, -0.05) is 31.0 Å². The molecule has 3 N–H and O–H groups in total. The molecule has 0 spiro atoms. The minimum absolute atomic E-state index is 0.341. The molecule has 2 heteroatoms. The first-order chi connectivity index (χ1) is 7.86. The lowest BCUT2D eigenvalue weighted by Gasteiger charge is -2.28. The number of aromatic amines is 1. The summed E-state index contributed by atoms with van der Waals surface area (Å²) in [6.07, 6.45) is 7.17. The first-order valence-electron chi connectivity index (χ1n) is 6.18. The van der Waals surface area contributed by atoms with Gasteiger partial charge in [-0.25, -0.2) is 0 Å². The monoisotopic (exact) mass is 214 g/mol. The van der Waals surface area contributed by atoms with Gasteiger partial charge in [-0.05, 0) is 24.5 Å². The summed E-state index contributed by atoms with van der Waals surface area (Å²) >= 11 is 0. The third-order valence-corrected chi connectivity index (χ3v) is 3.84. The van der Waals surface area contributed by atoms with Gasteiger partial charge in [0.1, 0.15) is 0 Å². The Kier molecular flexibility index (Phi) is 2.44. The van der Waals surface area contributed by atoms with Crippen molar-refractivity contribution in [3.05, 3.63) is 36.0 Å². The van der Waals surface area contributed by atoms with Crippen LogP contribution < -0.4 is 5.73 Å². The minimum Gasteiger partial charge on any atom is -0.361 e. The van der Waals surface area contributed by atoms with Crippen molar-refractivity contribution in [1.82, 2.24) is 4.98 Å². The van der Waals surface area contributed by atoms with Crippen LogP contribution in [0.5, 0.6) is 0 Å². The molecule has 2 nitrogen and oxygen atoms in total. The van der Waals surface area contributed by atoms with Gasteiger partial charge in [-0.15, -0.1) is 0 Å². The lowest BCUT2D eigenvalue weighted by molar-refractivity contribution is 0.387. The van der Waals surface area contributed by atoms with Crippen LogP contribution in [0.4, 0.5) is 0 Å². The Balaban J connectivity index is 2.04. The van der Waals surface area contributed by atoms with E-state index >= 15 is 0 Å². The molecule has 84 valence electrons. The summed E-state index contributed by atoms with van der Waals surface area (Å²) in [7, 11) is 0. The molecule has 0 radical (unpaired) electrons. The summed E-state index contributed by atoms with van der Waals surface area (Å²) < 4.78 is 0. The third kappa shape index (κ3) is 1.54. The highest BCUT2D eigenvalue weighted by atomic mass is 14.7. The number of nitrogens with two attached hydrogens (primary N) is 1. The van der Waals surface area contributed by atoms with E-state index in [9.17, 15) is 0 Å². The van der Waals surface area contributed by atoms with Crippen molar-refractivity contribution in [2.24, 2.45) is 5.73 Å². The van der Waals surface area contributed by atoms with Crippen LogP contribution in [0.25, 0.3) is 10.9 Å². The van der Waals surface area contributed by atoms with Gasteiger partial charge in [0.2, 0.25) is 0 Å². The molecule has 2 unspecified atom stereocenters. The smallest absolute Gasteiger partial charge is 0.0456 e. The van der Waals surface area contributed by atoms with E-state index in [-0.39, 0.29) is 0 Å². The number of rotatable bonds is 1. The molecule has 1 fully saturated rings. The van der Waals surface area contributed by atoms with Crippen LogP contribution in [-0.4, -0.2) is 11.0 Å². The fourth-order valence-electron chi connectivity index (χ4n) is 2.95. The SMILES string of the molecule is NC1CCCCC1c1c[nH]c2ccccc12. The zero-order valence-electron chi connectivity index (χ0n) is 9.45. The van der Waals surface area contributed by atoms with E-state index in [2.05, 4.69) is 35.4 Å². The van der Waals surface area contributed by atoms with Gasteiger partial charge in [0, 0.05) is 29.1 Å². The molecule has 2 atom stereocenters. The molecule has 0 aliphatic heterocycles. The molecule has 1 aliphatic carbocycles. The highest BCUT2D eigenvalue weighted by molar-refractivity contribution is 5.83. The molecule has 0 amide bonds. The van der Waals surface area contributed by atoms with Gasteiger partial charge in [-0.2, -0.15) is 0 Å². The molecule has 1 saturated carbocycles. The van der Waals surface area contributed by atoms with Crippen molar-refractivity contribution in [1.29, 1.82) is 0 Å². The number of nitrogens with one attached hydrogen (secondary N) is 1. The predicted octanol–water partition coefficient (Wildman–Crippen LogP) is 3.15. The molecule has 1 heterocycles. The molecule has 0 bridgehead atoms. The van der Waals surface area contributed by atoms with E-state index in [0.29, 0.717) is 12.0 Å². The fourth-order valence-corrected chi connectivity index (χ4v) is 2.95. The highest BCUT2D eigenvalue weighted by Gasteiger charge is 2.25. The van der Waals surface area contributed by atoms with E-state index in [1.807, 2.05) is 0 Å². The standard InChI is InChI=1S/C14H18N2/c15-13-7-3-1-5-10(13)12-9-16-14-8-4-2-6-11(12)14/h2,4,6,8-10,13,16H,1,3,5,7,15H2. The second-order valence-corrected chi connectivity index (χ2v) is 4.84. The van der Waals surface area contributed by atoms with E-state index in [4.69, 9.17) is 5.73 Å². The largest absolute Gasteiger partial charge is 0.361 e. The van der Waals surface area contributed by atoms with Gasteiger partial charge >= 0.3 is 0 Å². The van der Waals surface area contributed by atoms with Crippen molar-refractivity contribution in [2.75, 3.05) is 0 Å². The van der Waals surface area contributed by atoms with Gasteiger partial charge in [-0.3, -0.25) is 0 Å². The Morgan fingerprint density at radius 3 is 2.81 bits per heavy atom. The van der Waals surface area contributed by atoms with Crippen LogP contribution in [0.15, 0.2) is 30.5 Å². The topological polar surface area (TPSA) is 41.8 Å². The number of fused-ring (bicyclic) bond motifs is 1. The summed E-state index contributed by atoms with van der Waals surface area (Å²) in [5.74, 6) is 0.546. The highest BCUT2D eigenvalue weighted by Crippen LogP contribution is 2.35. The first-order valence-corrected chi connectivity index (χ1v) is 6.18. The summed E-state index contributed by atoms with van der Waals surface area (Å²) in [5, 5.41) is 1.35. The zero-order valence-corrected chi connectivity index (χ0v) is 9.45. The van der Waals surface area contributed by atoms with Crippen LogP contribution in [-0.2, 0) is 0 Å². The number of aromatic nitrogens is 1. The van der Waals surface area contributed by atoms with E-state index in [0.717, 1.165) is 0 Å². The summed E-state index contributed by atoms with van der Waals surface area (Å²) in [4.78, 5) is 3.35. The lowest BCUT2D eigenvalue weighted by Crippen LogP contribution is -2.31. The van der Waals surface area contributed by atoms with Gasteiger partial charge in [0.15, 0.2) is 0 Å². The van der Waals surface area contributed by atoms with E-state index in [1.54, 1.807) is 0 Å². The Morgan fingerprint density at radius 1 is 1.12 bits per heavy atom. The zero-order chi connectivity index (χ0) is 11.0. The second kappa shape index (κ2) is 3.95. The maximum absolute atomic E-state index is 6.25. The molecular weight excluding hydrogens is 196 g/mol. The van der Waals surface area contributed by atoms with E-state index in [1.165, 1.54) is 42.1 Å². The molecule has 3 rings (SSSR count). The molecule has 16 heavy (non-hydrogen) atoms. The van der Waals surface area contributed by atoms with E-state index < -0.39 is 0 Å². The number of H-pyrrole nitrogens is 1. The minimum atomic E-state index is 0.341. The number of hydrogen-bond donors (Lipinski definition) is 2. The maximum atomic E-state index is 6.25.